The second kappa shape index (κ2) is 7.19. The van der Waals surface area contributed by atoms with Crippen molar-refractivity contribution >= 4 is 5.97 Å². The predicted molar refractivity (Wildman–Crippen MR) is 102 cm³/mol. The maximum Gasteiger partial charge on any atom is 0.315 e. The summed E-state index contributed by atoms with van der Waals surface area (Å²) in [5, 5.41) is 2.31. The van der Waals surface area contributed by atoms with Crippen molar-refractivity contribution in [3.8, 4) is 0 Å². The SMILES string of the molecule is C=C1CCC[C@]2(C)C[C@H]3OC(=O)[C@H](C[NH2+]CCc4ccccc4)[C@H]3C[C@H]12. The fourth-order valence-electron chi connectivity index (χ4n) is 5.74. The Labute approximate surface area is 157 Å². The van der Waals surface area contributed by atoms with Crippen molar-refractivity contribution in [2.24, 2.45) is 23.2 Å². The Morgan fingerprint density at radius 1 is 1.31 bits per heavy atom. The second-order valence-electron chi connectivity index (χ2n) is 8.95. The monoisotopic (exact) mass is 354 g/mol. The lowest BCUT2D eigenvalue weighted by atomic mass is 9.55. The molecule has 3 heteroatoms. The zero-order valence-corrected chi connectivity index (χ0v) is 16.0. The Hall–Kier alpha value is -1.61. The summed E-state index contributed by atoms with van der Waals surface area (Å²) in [6.07, 6.45) is 6.99. The van der Waals surface area contributed by atoms with Crippen molar-refractivity contribution in [3.63, 3.8) is 0 Å². The van der Waals surface area contributed by atoms with E-state index in [0.717, 1.165) is 32.4 Å². The molecule has 2 N–H and O–H groups in total. The number of fused-ring (bicyclic) bond motifs is 2. The van der Waals surface area contributed by atoms with Crippen molar-refractivity contribution in [1.29, 1.82) is 0 Å². The van der Waals surface area contributed by atoms with Gasteiger partial charge in [-0.05, 0) is 49.0 Å². The van der Waals surface area contributed by atoms with E-state index < -0.39 is 0 Å². The molecular formula is C23H32NO2+. The molecule has 0 radical (unpaired) electrons. The minimum absolute atomic E-state index is 0.0452. The maximum absolute atomic E-state index is 12.5. The highest BCUT2D eigenvalue weighted by atomic mass is 16.6. The first-order valence-electron chi connectivity index (χ1n) is 10.3. The molecule has 4 rings (SSSR count). The summed E-state index contributed by atoms with van der Waals surface area (Å²) in [4.78, 5) is 12.5. The number of ether oxygens (including phenoxy) is 1. The van der Waals surface area contributed by atoms with Crippen LogP contribution in [0, 0.1) is 23.2 Å². The third kappa shape index (κ3) is 3.34. The number of rotatable bonds is 5. The number of quaternary nitrogens is 1. The summed E-state index contributed by atoms with van der Waals surface area (Å²) in [6, 6.07) is 10.6. The van der Waals surface area contributed by atoms with Gasteiger partial charge in [-0.2, -0.15) is 0 Å². The van der Waals surface area contributed by atoms with Crippen LogP contribution in [0.2, 0.25) is 0 Å². The van der Waals surface area contributed by atoms with Crippen LogP contribution >= 0.6 is 0 Å². The van der Waals surface area contributed by atoms with E-state index in [4.69, 9.17) is 4.74 Å². The summed E-state index contributed by atoms with van der Waals surface area (Å²) in [5.41, 5.74) is 3.08. The van der Waals surface area contributed by atoms with E-state index >= 15 is 0 Å². The molecule has 0 unspecified atom stereocenters. The van der Waals surface area contributed by atoms with Crippen molar-refractivity contribution < 1.29 is 14.8 Å². The van der Waals surface area contributed by atoms with Crippen molar-refractivity contribution in [2.45, 2.75) is 51.6 Å². The van der Waals surface area contributed by atoms with Gasteiger partial charge in [0.1, 0.15) is 12.0 Å². The number of esters is 1. The second-order valence-corrected chi connectivity index (χ2v) is 8.95. The molecule has 1 heterocycles. The van der Waals surface area contributed by atoms with Gasteiger partial charge in [0.15, 0.2) is 0 Å². The number of carbonyl (C=O) groups excluding carboxylic acids is 1. The lowest BCUT2D eigenvalue weighted by Gasteiger charge is -2.49. The van der Waals surface area contributed by atoms with Gasteiger partial charge in [0.05, 0.1) is 13.1 Å². The fourth-order valence-corrected chi connectivity index (χ4v) is 5.74. The van der Waals surface area contributed by atoms with E-state index in [0.29, 0.717) is 17.3 Å². The molecule has 2 saturated carbocycles. The molecule has 0 bridgehead atoms. The molecule has 3 aliphatic rings. The highest BCUT2D eigenvalue weighted by Crippen LogP contribution is 2.56. The highest BCUT2D eigenvalue weighted by Gasteiger charge is 2.55. The van der Waals surface area contributed by atoms with Gasteiger partial charge in [-0.15, -0.1) is 0 Å². The van der Waals surface area contributed by atoms with Gasteiger partial charge >= 0.3 is 5.97 Å². The molecular weight excluding hydrogens is 322 g/mol. The van der Waals surface area contributed by atoms with E-state index in [1.807, 2.05) is 0 Å². The standard InChI is InChI=1S/C23H31NO2/c1-16-7-6-11-23(2)14-21-18(13-20(16)23)19(22(25)26-21)15-24-12-10-17-8-4-3-5-9-17/h3-5,8-9,18-21,24H,1,6-7,10-15H2,2H3/p+1/t18-,19-,20-,21-,23-/m1/s1. The van der Waals surface area contributed by atoms with Crippen molar-refractivity contribution in [2.75, 3.05) is 13.1 Å². The summed E-state index contributed by atoms with van der Waals surface area (Å²) >= 11 is 0. The first-order chi connectivity index (χ1) is 12.6. The molecule has 1 aliphatic heterocycles. The van der Waals surface area contributed by atoms with Crippen LogP contribution in [-0.2, 0) is 16.0 Å². The minimum atomic E-state index is 0.0452. The Morgan fingerprint density at radius 2 is 2.12 bits per heavy atom. The molecule has 1 saturated heterocycles. The van der Waals surface area contributed by atoms with Gasteiger partial charge < -0.3 is 10.1 Å². The van der Waals surface area contributed by atoms with Crippen LogP contribution in [0.25, 0.3) is 0 Å². The Balaban J connectivity index is 1.36. The summed E-state index contributed by atoms with van der Waals surface area (Å²) in [7, 11) is 0. The summed E-state index contributed by atoms with van der Waals surface area (Å²) < 4.78 is 5.85. The van der Waals surface area contributed by atoms with Gasteiger partial charge in [-0.25, -0.2) is 0 Å². The van der Waals surface area contributed by atoms with Gasteiger partial charge in [0, 0.05) is 12.3 Å². The number of hydrogen-bond donors (Lipinski definition) is 1. The Bertz CT molecular complexity index is 670. The number of carbonyl (C=O) groups is 1. The van der Waals surface area contributed by atoms with Gasteiger partial charge in [0.2, 0.25) is 0 Å². The summed E-state index contributed by atoms with van der Waals surface area (Å²) in [5.74, 6) is 1.08. The maximum atomic E-state index is 12.5. The summed E-state index contributed by atoms with van der Waals surface area (Å²) in [6.45, 7) is 8.66. The molecule has 0 aromatic heterocycles. The molecule has 1 aromatic rings. The minimum Gasteiger partial charge on any atom is -0.462 e. The Morgan fingerprint density at radius 3 is 2.92 bits per heavy atom. The average Bonchev–Trinajstić information content (AvgIpc) is 2.92. The van der Waals surface area contributed by atoms with E-state index in [1.165, 1.54) is 30.4 Å². The molecule has 1 aromatic carbocycles. The highest BCUT2D eigenvalue weighted by molar-refractivity contribution is 5.75. The lowest BCUT2D eigenvalue weighted by Crippen LogP contribution is -2.86. The zero-order valence-electron chi connectivity index (χ0n) is 16.0. The quantitative estimate of drug-likeness (QED) is 0.502. The van der Waals surface area contributed by atoms with Crippen LogP contribution < -0.4 is 5.32 Å². The lowest BCUT2D eigenvalue weighted by molar-refractivity contribution is -0.658. The molecule has 3 nitrogen and oxygen atoms in total. The van der Waals surface area contributed by atoms with Crippen LogP contribution in [0.1, 0.15) is 44.6 Å². The molecule has 26 heavy (non-hydrogen) atoms. The van der Waals surface area contributed by atoms with Crippen LogP contribution in [0.4, 0.5) is 0 Å². The molecule has 0 spiro atoms. The smallest absolute Gasteiger partial charge is 0.315 e. The van der Waals surface area contributed by atoms with E-state index in [1.54, 1.807) is 0 Å². The van der Waals surface area contributed by atoms with Crippen molar-refractivity contribution in [1.82, 2.24) is 0 Å². The van der Waals surface area contributed by atoms with Gasteiger partial charge in [-0.1, -0.05) is 49.4 Å². The van der Waals surface area contributed by atoms with Crippen LogP contribution in [-0.4, -0.2) is 25.2 Å². The first-order valence-corrected chi connectivity index (χ1v) is 10.3. The van der Waals surface area contributed by atoms with E-state index in [2.05, 4.69) is 49.2 Å². The van der Waals surface area contributed by atoms with Gasteiger partial charge in [-0.3, -0.25) is 4.79 Å². The largest absolute Gasteiger partial charge is 0.462 e. The van der Waals surface area contributed by atoms with Crippen LogP contribution in [0.3, 0.4) is 0 Å². The van der Waals surface area contributed by atoms with Crippen LogP contribution in [0.15, 0.2) is 42.5 Å². The number of hydrogen-bond acceptors (Lipinski definition) is 2. The molecule has 2 aliphatic carbocycles. The topological polar surface area (TPSA) is 42.9 Å². The normalized spacial score (nSPS) is 36.3. The Kier molecular flexibility index (Phi) is 4.92. The predicted octanol–water partition coefficient (Wildman–Crippen LogP) is 3.11. The van der Waals surface area contributed by atoms with Gasteiger partial charge in [0.25, 0.3) is 0 Å². The molecule has 5 atom stereocenters. The number of benzene rings is 1. The van der Waals surface area contributed by atoms with Crippen LogP contribution in [0.5, 0.6) is 0 Å². The van der Waals surface area contributed by atoms with Crippen molar-refractivity contribution in [3.05, 3.63) is 48.0 Å². The number of allylic oxidation sites excluding steroid dienone is 1. The number of nitrogens with two attached hydrogens (primary N) is 1. The zero-order chi connectivity index (χ0) is 18.1. The fraction of sp³-hybridized carbons (Fsp3) is 0.609. The first kappa shape index (κ1) is 17.8. The molecule has 0 amide bonds. The average molecular weight is 355 g/mol. The molecule has 140 valence electrons. The van der Waals surface area contributed by atoms with E-state index in [-0.39, 0.29) is 18.0 Å². The molecule has 3 fully saturated rings. The van der Waals surface area contributed by atoms with E-state index in [9.17, 15) is 4.79 Å². The third-order valence-corrected chi connectivity index (χ3v) is 7.22. The third-order valence-electron chi connectivity index (χ3n) is 7.22.